The Kier molecular flexibility index (Phi) is 8.26. The Morgan fingerprint density at radius 3 is 2.49 bits per heavy atom. The lowest BCUT2D eigenvalue weighted by molar-refractivity contribution is -0.123. The van der Waals surface area contributed by atoms with E-state index in [-0.39, 0.29) is 27.0 Å². The number of amides is 2. The fraction of sp³-hybridized carbons (Fsp3) is 0.320. The molecular weight excluding hydrogens is 512 g/mol. The monoisotopic (exact) mass is 535 g/mol. The molecule has 0 unspecified atom stereocenters. The van der Waals surface area contributed by atoms with Crippen LogP contribution in [0.15, 0.2) is 48.5 Å². The Morgan fingerprint density at radius 2 is 1.86 bits per heavy atom. The molecule has 1 aromatic heterocycles. The van der Waals surface area contributed by atoms with E-state index < -0.39 is 17.8 Å². The molecule has 10 heteroatoms. The van der Waals surface area contributed by atoms with E-state index in [1.807, 2.05) is 6.92 Å². The fourth-order valence-electron chi connectivity index (χ4n) is 4.22. The number of carbonyl (C=O) groups excluding carboxylic acids is 2. The molecule has 1 aliphatic carbocycles. The highest BCUT2D eigenvalue weighted by Crippen LogP contribution is 2.39. The van der Waals surface area contributed by atoms with Gasteiger partial charge < -0.3 is 10.1 Å². The molecule has 1 aliphatic rings. The predicted octanol–water partition coefficient (Wildman–Crippen LogP) is 6.43. The topological polar surface area (TPSA) is 71.5 Å². The van der Waals surface area contributed by atoms with Crippen molar-refractivity contribution in [1.29, 1.82) is 0 Å². The summed E-state index contributed by atoms with van der Waals surface area (Å²) in [6.45, 7) is 2.17. The summed E-state index contributed by atoms with van der Waals surface area (Å²) in [4.78, 5) is 29.1. The molecule has 1 N–H and O–H groups in total. The number of hydrogen-bond donors (Lipinski definition) is 1. The maximum absolute atomic E-state index is 14.0. The summed E-state index contributed by atoms with van der Waals surface area (Å²) < 4.78 is 23.9. The molecule has 0 radical (unpaired) electrons. The number of carbonyl (C=O) groups is 2. The van der Waals surface area contributed by atoms with E-state index in [4.69, 9.17) is 27.9 Å². The molecule has 2 aromatic carbocycles. The molecule has 0 saturated heterocycles. The second kappa shape index (κ2) is 11.4. The quantitative estimate of drug-likeness (QED) is 0.360. The number of rotatable bonds is 8. The first kappa shape index (κ1) is 25.4. The van der Waals surface area contributed by atoms with Gasteiger partial charge in [-0.25, -0.2) is 4.39 Å². The molecule has 6 nitrogen and oxygen atoms in total. The van der Waals surface area contributed by atoms with Crippen LogP contribution in [0.25, 0.3) is 0 Å². The van der Waals surface area contributed by atoms with Gasteiger partial charge in [0.15, 0.2) is 5.69 Å². The highest BCUT2D eigenvalue weighted by atomic mass is 35.5. The second-order valence-electron chi connectivity index (χ2n) is 8.14. The first-order chi connectivity index (χ1) is 16.9. The Balaban J connectivity index is 1.88. The minimum absolute atomic E-state index is 0.00170. The number of ether oxygens (including phenoxy) is 1. The van der Waals surface area contributed by atoms with Gasteiger partial charge in [0.25, 0.3) is 5.91 Å². The first-order valence-electron chi connectivity index (χ1n) is 11.3. The van der Waals surface area contributed by atoms with E-state index in [0.717, 1.165) is 37.2 Å². The zero-order chi connectivity index (χ0) is 24.9. The molecule has 3 aromatic rings. The van der Waals surface area contributed by atoms with Gasteiger partial charge in [0, 0.05) is 6.04 Å². The molecule has 1 heterocycles. The van der Waals surface area contributed by atoms with E-state index in [2.05, 4.69) is 9.69 Å². The van der Waals surface area contributed by atoms with Crippen molar-refractivity contribution in [3.63, 3.8) is 0 Å². The SMILES string of the molecule is CCOc1ccccc1N(C(=O)c1nsc(Cl)c1Cl)[C@H](C(=O)NC1CCCC1)c1ccc(F)cc1. The molecule has 2 amide bonds. The van der Waals surface area contributed by atoms with Crippen molar-refractivity contribution in [3.8, 4) is 5.75 Å². The summed E-state index contributed by atoms with van der Waals surface area (Å²) in [5, 5.41) is 3.08. The average Bonchev–Trinajstić information content (AvgIpc) is 3.48. The van der Waals surface area contributed by atoms with Gasteiger partial charge in [0.1, 0.15) is 27.0 Å². The van der Waals surface area contributed by atoms with Crippen molar-refractivity contribution in [2.24, 2.45) is 0 Å². The lowest BCUT2D eigenvalue weighted by atomic mass is 10.0. The molecular formula is C25H24Cl2FN3O3S. The molecule has 0 aliphatic heterocycles. The number of aromatic nitrogens is 1. The van der Waals surface area contributed by atoms with Crippen LogP contribution in [-0.4, -0.2) is 28.8 Å². The number of nitrogens with zero attached hydrogens (tertiary/aromatic N) is 2. The maximum Gasteiger partial charge on any atom is 0.280 e. The number of halogens is 3. The normalized spacial score (nSPS) is 14.5. The lowest BCUT2D eigenvalue weighted by Crippen LogP contribution is -2.46. The van der Waals surface area contributed by atoms with Crippen LogP contribution in [0.3, 0.4) is 0 Å². The Hall–Kier alpha value is -2.68. The molecule has 0 bridgehead atoms. The third kappa shape index (κ3) is 5.60. The van der Waals surface area contributed by atoms with E-state index in [1.165, 1.54) is 29.2 Å². The summed E-state index contributed by atoms with van der Waals surface area (Å²) in [5.41, 5.74) is 0.711. The molecule has 184 valence electrons. The summed E-state index contributed by atoms with van der Waals surface area (Å²) in [7, 11) is 0. The first-order valence-corrected chi connectivity index (χ1v) is 12.9. The van der Waals surface area contributed by atoms with E-state index in [0.29, 0.717) is 23.6 Å². The van der Waals surface area contributed by atoms with Crippen molar-refractivity contribution >= 4 is 52.2 Å². The van der Waals surface area contributed by atoms with Crippen LogP contribution in [-0.2, 0) is 4.79 Å². The predicted molar refractivity (Wildman–Crippen MR) is 136 cm³/mol. The third-order valence-corrected chi connectivity index (χ3v) is 7.45. The summed E-state index contributed by atoms with van der Waals surface area (Å²) in [6, 6.07) is 11.3. The van der Waals surface area contributed by atoms with Crippen molar-refractivity contribution in [3.05, 3.63) is 75.0 Å². The van der Waals surface area contributed by atoms with Gasteiger partial charge in [-0.15, -0.1) is 0 Å². The van der Waals surface area contributed by atoms with Gasteiger partial charge in [0.2, 0.25) is 5.91 Å². The van der Waals surface area contributed by atoms with Crippen LogP contribution in [0, 0.1) is 5.82 Å². The van der Waals surface area contributed by atoms with E-state index >= 15 is 0 Å². The van der Waals surface area contributed by atoms with Crippen LogP contribution < -0.4 is 15.0 Å². The number of para-hydroxylation sites is 2. The molecule has 1 fully saturated rings. The van der Waals surface area contributed by atoms with Gasteiger partial charge in [-0.1, -0.05) is 60.3 Å². The maximum atomic E-state index is 14.0. The number of hydrogen-bond acceptors (Lipinski definition) is 5. The van der Waals surface area contributed by atoms with E-state index in [1.54, 1.807) is 24.3 Å². The van der Waals surface area contributed by atoms with Gasteiger partial charge in [0.05, 0.1) is 12.3 Å². The number of anilines is 1. The van der Waals surface area contributed by atoms with Gasteiger partial charge in [-0.2, -0.15) is 4.37 Å². The number of nitrogens with one attached hydrogen (secondary N) is 1. The minimum atomic E-state index is -1.14. The Labute approximate surface area is 217 Å². The van der Waals surface area contributed by atoms with Crippen LogP contribution >= 0.6 is 34.7 Å². The van der Waals surface area contributed by atoms with Crippen molar-refractivity contribution in [2.45, 2.75) is 44.7 Å². The summed E-state index contributed by atoms with van der Waals surface area (Å²) in [6.07, 6.45) is 3.77. The van der Waals surface area contributed by atoms with Crippen LogP contribution in [0.5, 0.6) is 5.75 Å². The van der Waals surface area contributed by atoms with Crippen molar-refractivity contribution in [2.75, 3.05) is 11.5 Å². The lowest BCUT2D eigenvalue weighted by Gasteiger charge is -2.33. The van der Waals surface area contributed by atoms with Gasteiger partial charge in [-0.05, 0) is 61.1 Å². The Bertz CT molecular complexity index is 1200. The van der Waals surface area contributed by atoms with Crippen LogP contribution in [0.2, 0.25) is 9.36 Å². The molecule has 1 saturated carbocycles. The fourth-order valence-corrected chi connectivity index (χ4v) is 5.21. The van der Waals surface area contributed by atoms with Crippen LogP contribution in [0.4, 0.5) is 10.1 Å². The molecule has 4 rings (SSSR count). The smallest absolute Gasteiger partial charge is 0.280 e. The largest absolute Gasteiger partial charge is 0.492 e. The average molecular weight is 536 g/mol. The van der Waals surface area contributed by atoms with Gasteiger partial charge in [-0.3, -0.25) is 14.5 Å². The molecule has 35 heavy (non-hydrogen) atoms. The van der Waals surface area contributed by atoms with Crippen molar-refractivity contribution in [1.82, 2.24) is 9.69 Å². The zero-order valence-electron chi connectivity index (χ0n) is 19.0. The highest BCUT2D eigenvalue weighted by molar-refractivity contribution is 7.11. The van der Waals surface area contributed by atoms with E-state index in [9.17, 15) is 14.0 Å². The molecule has 1 atom stereocenters. The molecule has 0 spiro atoms. The van der Waals surface area contributed by atoms with Crippen molar-refractivity contribution < 1.29 is 18.7 Å². The van der Waals surface area contributed by atoms with Crippen LogP contribution in [0.1, 0.15) is 54.7 Å². The highest BCUT2D eigenvalue weighted by Gasteiger charge is 2.38. The Morgan fingerprint density at radius 1 is 1.17 bits per heavy atom. The standard InChI is InChI=1S/C25H24Cl2FN3O3S/c1-2-34-19-10-6-5-9-18(19)31(25(33)21-20(26)23(27)35-30-21)22(15-11-13-16(28)14-12-15)24(32)29-17-7-3-4-8-17/h5-6,9-14,17,22H,2-4,7-8H2,1H3,(H,29,32)/t22-/m0/s1. The zero-order valence-corrected chi connectivity index (χ0v) is 21.3. The third-order valence-electron chi connectivity index (χ3n) is 5.84. The van der Waals surface area contributed by atoms with Gasteiger partial charge >= 0.3 is 0 Å². The minimum Gasteiger partial charge on any atom is -0.492 e. The second-order valence-corrected chi connectivity index (χ2v) is 9.89. The summed E-state index contributed by atoms with van der Waals surface area (Å²) >= 11 is 13.3. The summed E-state index contributed by atoms with van der Waals surface area (Å²) in [5.74, 6) is -1.06. The number of benzene rings is 2.